The number of nitrogens with zero attached hydrogens (tertiary/aromatic N) is 5. The van der Waals surface area contributed by atoms with Gasteiger partial charge in [-0.15, -0.1) is 0 Å². The second-order valence-corrected chi connectivity index (χ2v) is 8.01. The van der Waals surface area contributed by atoms with E-state index in [-0.39, 0.29) is 11.9 Å². The first-order chi connectivity index (χ1) is 14.9. The van der Waals surface area contributed by atoms with Gasteiger partial charge in [0.1, 0.15) is 0 Å². The van der Waals surface area contributed by atoms with Gasteiger partial charge in [0.2, 0.25) is 0 Å². The molecule has 0 unspecified atom stereocenters. The molecule has 158 valence electrons. The number of carbonyl (C=O) groups excluding carboxylic acids is 1. The number of nitrogens with one attached hydrogen (secondary N) is 1. The SMILES string of the molecule is Cc1ccccc1-c1cc(C(=O)Nc2cccnc2N(C)C)c2cnn(C(C)C)c2n1. The van der Waals surface area contributed by atoms with Gasteiger partial charge in [-0.05, 0) is 44.5 Å². The van der Waals surface area contributed by atoms with Crippen LogP contribution in [0.5, 0.6) is 0 Å². The summed E-state index contributed by atoms with van der Waals surface area (Å²) in [5.41, 5.74) is 4.71. The predicted octanol–water partition coefficient (Wildman–Crippen LogP) is 4.70. The Labute approximate surface area is 181 Å². The fourth-order valence-corrected chi connectivity index (χ4v) is 3.62. The number of amides is 1. The maximum absolute atomic E-state index is 13.4. The molecular weight excluding hydrogens is 388 g/mol. The lowest BCUT2D eigenvalue weighted by molar-refractivity contribution is 0.102. The molecular formula is C24H26N6O. The zero-order valence-electron chi connectivity index (χ0n) is 18.4. The van der Waals surface area contributed by atoms with Crippen molar-refractivity contribution in [3.05, 3.63) is 66.0 Å². The first-order valence-electron chi connectivity index (χ1n) is 10.2. The molecule has 7 nitrogen and oxygen atoms in total. The van der Waals surface area contributed by atoms with Gasteiger partial charge in [0, 0.05) is 31.9 Å². The Morgan fingerprint density at radius 2 is 1.90 bits per heavy atom. The van der Waals surface area contributed by atoms with Gasteiger partial charge in [-0.1, -0.05) is 24.3 Å². The second-order valence-electron chi connectivity index (χ2n) is 8.01. The topological polar surface area (TPSA) is 75.9 Å². The van der Waals surface area contributed by atoms with E-state index < -0.39 is 0 Å². The molecule has 0 fully saturated rings. The van der Waals surface area contributed by atoms with Gasteiger partial charge in [0.25, 0.3) is 5.91 Å². The number of pyridine rings is 2. The molecule has 7 heteroatoms. The highest BCUT2D eigenvalue weighted by atomic mass is 16.1. The molecule has 3 heterocycles. The zero-order chi connectivity index (χ0) is 22.1. The molecule has 0 spiro atoms. The fraction of sp³-hybridized carbons (Fsp3) is 0.250. The number of aromatic nitrogens is 4. The quantitative estimate of drug-likeness (QED) is 0.512. The Hall–Kier alpha value is -3.74. The number of anilines is 2. The molecule has 1 aromatic carbocycles. The minimum atomic E-state index is -0.221. The molecule has 0 radical (unpaired) electrons. The van der Waals surface area contributed by atoms with Crippen molar-refractivity contribution in [1.29, 1.82) is 0 Å². The average Bonchev–Trinajstić information content (AvgIpc) is 3.18. The Morgan fingerprint density at radius 1 is 1.13 bits per heavy atom. The summed E-state index contributed by atoms with van der Waals surface area (Å²) < 4.78 is 1.85. The Balaban J connectivity index is 1.87. The molecule has 0 aliphatic heterocycles. The van der Waals surface area contributed by atoms with E-state index in [0.717, 1.165) is 22.2 Å². The van der Waals surface area contributed by atoms with Gasteiger partial charge in [-0.2, -0.15) is 5.10 Å². The summed E-state index contributed by atoms with van der Waals surface area (Å²) in [6, 6.07) is 13.6. The number of carbonyl (C=O) groups is 1. The van der Waals surface area contributed by atoms with E-state index >= 15 is 0 Å². The lowest BCUT2D eigenvalue weighted by Crippen LogP contribution is -2.18. The van der Waals surface area contributed by atoms with Crippen molar-refractivity contribution in [3.63, 3.8) is 0 Å². The van der Waals surface area contributed by atoms with Crippen LogP contribution in [0, 0.1) is 6.92 Å². The normalized spacial score (nSPS) is 11.2. The van der Waals surface area contributed by atoms with Crippen LogP contribution in [0.15, 0.2) is 54.9 Å². The molecule has 0 atom stereocenters. The van der Waals surface area contributed by atoms with Crippen LogP contribution >= 0.6 is 0 Å². The summed E-state index contributed by atoms with van der Waals surface area (Å²) in [4.78, 5) is 24.6. The van der Waals surface area contributed by atoms with Crippen molar-refractivity contribution in [2.24, 2.45) is 0 Å². The van der Waals surface area contributed by atoms with Gasteiger partial charge in [0.15, 0.2) is 11.5 Å². The van der Waals surface area contributed by atoms with E-state index in [9.17, 15) is 4.79 Å². The van der Waals surface area contributed by atoms with Crippen LogP contribution in [0.4, 0.5) is 11.5 Å². The largest absolute Gasteiger partial charge is 0.361 e. The third kappa shape index (κ3) is 3.86. The molecule has 0 aliphatic rings. The van der Waals surface area contributed by atoms with Gasteiger partial charge >= 0.3 is 0 Å². The summed E-state index contributed by atoms with van der Waals surface area (Å²) in [6.45, 7) is 6.14. The molecule has 4 aromatic rings. The maximum atomic E-state index is 13.4. The molecule has 0 saturated heterocycles. The first-order valence-corrected chi connectivity index (χ1v) is 10.2. The molecule has 3 aromatic heterocycles. The van der Waals surface area contributed by atoms with Crippen LogP contribution in [0.25, 0.3) is 22.3 Å². The molecule has 0 aliphatic carbocycles. The number of hydrogen-bond donors (Lipinski definition) is 1. The monoisotopic (exact) mass is 414 g/mol. The van der Waals surface area contributed by atoms with Crippen LogP contribution in [-0.2, 0) is 0 Å². The molecule has 0 bridgehead atoms. The maximum Gasteiger partial charge on any atom is 0.256 e. The van der Waals surface area contributed by atoms with Crippen molar-refractivity contribution >= 4 is 28.4 Å². The van der Waals surface area contributed by atoms with E-state index in [1.165, 1.54) is 0 Å². The van der Waals surface area contributed by atoms with E-state index in [0.29, 0.717) is 22.7 Å². The highest BCUT2D eigenvalue weighted by Gasteiger charge is 2.20. The van der Waals surface area contributed by atoms with Crippen LogP contribution in [0.1, 0.15) is 35.8 Å². The van der Waals surface area contributed by atoms with Crippen LogP contribution in [0.2, 0.25) is 0 Å². The summed E-state index contributed by atoms with van der Waals surface area (Å²) in [7, 11) is 3.79. The fourth-order valence-electron chi connectivity index (χ4n) is 3.62. The van der Waals surface area contributed by atoms with Crippen molar-refractivity contribution in [1.82, 2.24) is 19.7 Å². The molecule has 4 rings (SSSR count). The minimum Gasteiger partial charge on any atom is -0.361 e. The van der Waals surface area contributed by atoms with Crippen LogP contribution < -0.4 is 10.2 Å². The van der Waals surface area contributed by atoms with Crippen LogP contribution in [-0.4, -0.2) is 39.8 Å². The van der Waals surface area contributed by atoms with Crippen LogP contribution in [0.3, 0.4) is 0 Å². The molecule has 1 N–H and O–H groups in total. The van der Waals surface area contributed by atoms with E-state index in [1.807, 2.05) is 80.8 Å². The summed E-state index contributed by atoms with van der Waals surface area (Å²) >= 11 is 0. The predicted molar refractivity (Wildman–Crippen MR) is 125 cm³/mol. The first kappa shape index (κ1) is 20.5. The third-order valence-corrected chi connectivity index (χ3v) is 5.18. The lowest BCUT2D eigenvalue weighted by atomic mass is 10.0. The van der Waals surface area contributed by atoms with E-state index in [4.69, 9.17) is 4.98 Å². The van der Waals surface area contributed by atoms with Crippen molar-refractivity contribution in [2.45, 2.75) is 26.8 Å². The minimum absolute atomic E-state index is 0.117. The highest BCUT2D eigenvalue weighted by Crippen LogP contribution is 2.29. The Morgan fingerprint density at radius 3 is 2.61 bits per heavy atom. The zero-order valence-corrected chi connectivity index (χ0v) is 18.4. The van der Waals surface area contributed by atoms with Gasteiger partial charge in [-0.25, -0.2) is 14.6 Å². The summed E-state index contributed by atoms with van der Waals surface area (Å²) in [5, 5.41) is 8.25. The Kier molecular flexibility index (Phi) is 5.42. The lowest BCUT2D eigenvalue weighted by Gasteiger charge is -2.17. The van der Waals surface area contributed by atoms with Crippen molar-refractivity contribution in [3.8, 4) is 11.3 Å². The molecule has 0 saturated carbocycles. The summed E-state index contributed by atoms with van der Waals surface area (Å²) in [5.74, 6) is 0.472. The smallest absolute Gasteiger partial charge is 0.256 e. The number of hydrogen-bond acceptors (Lipinski definition) is 5. The molecule has 1 amide bonds. The number of rotatable bonds is 5. The molecule has 31 heavy (non-hydrogen) atoms. The van der Waals surface area contributed by atoms with Gasteiger partial charge < -0.3 is 10.2 Å². The van der Waals surface area contributed by atoms with Gasteiger partial charge in [0.05, 0.1) is 28.5 Å². The van der Waals surface area contributed by atoms with E-state index in [1.54, 1.807) is 18.5 Å². The third-order valence-electron chi connectivity index (χ3n) is 5.18. The summed E-state index contributed by atoms with van der Waals surface area (Å²) in [6.07, 6.45) is 3.42. The average molecular weight is 415 g/mol. The standard InChI is InChI=1S/C24H26N6O/c1-15(2)30-22-19(14-26-30)18(13-21(27-22)17-10-7-6-9-16(17)3)24(31)28-20-11-8-12-25-23(20)29(4)5/h6-15H,1-5H3,(H,28,31). The number of benzene rings is 1. The Bertz CT molecular complexity index is 1260. The number of fused-ring (bicyclic) bond motifs is 1. The van der Waals surface area contributed by atoms with Crippen molar-refractivity contribution < 1.29 is 4.79 Å². The highest BCUT2D eigenvalue weighted by molar-refractivity contribution is 6.13. The van der Waals surface area contributed by atoms with Crippen molar-refractivity contribution in [2.75, 3.05) is 24.3 Å². The second kappa shape index (κ2) is 8.18. The van der Waals surface area contributed by atoms with Gasteiger partial charge in [-0.3, -0.25) is 4.79 Å². The number of aryl methyl sites for hydroxylation is 1. The van der Waals surface area contributed by atoms with E-state index in [2.05, 4.69) is 15.4 Å².